The van der Waals surface area contributed by atoms with E-state index in [1.165, 1.54) is 6.07 Å². The predicted octanol–water partition coefficient (Wildman–Crippen LogP) is 2.49. The molecule has 0 saturated heterocycles. The van der Waals surface area contributed by atoms with Gasteiger partial charge in [0.15, 0.2) is 0 Å². The molecule has 0 spiro atoms. The second kappa shape index (κ2) is 6.65. The minimum Gasteiger partial charge on any atom is -0.508 e. The number of ether oxygens (including phenoxy) is 1. The van der Waals surface area contributed by atoms with Crippen LogP contribution in [-0.2, 0) is 11.3 Å². The summed E-state index contributed by atoms with van der Waals surface area (Å²) >= 11 is 0. The fourth-order valence-electron chi connectivity index (χ4n) is 2.06. The number of carbonyl (C=O) groups is 1. The average Bonchev–Trinajstić information content (AvgIpc) is 2.49. The molecule has 2 rings (SSSR count). The van der Waals surface area contributed by atoms with E-state index in [2.05, 4.69) is 0 Å². The molecule has 0 bridgehead atoms. The lowest BCUT2D eigenvalue weighted by Crippen LogP contribution is -2.29. The first-order valence-corrected chi connectivity index (χ1v) is 6.48. The number of carboxylic acids is 1. The summed E-state index contributed by atoms with van der Waals surface area (Å²) in [5.74, 6) is -0.200. The normalized spacial score (nSPS) is 10.1. The monoisotopic (exact) mass is 287 g/mol. The van der Waals surface area contributed by atoms with Crippen LogP contribution in [0.15, 0.2) is 48.5 Å². The molecule has 21 heavy (non-hydrogen) atoms. The molecule has 0 atom stereocenters. The van der Waals surface area contributed by atoms with Crippen LogP contribution in [0, 0.1) is 0 Å². The second-order valence-electron chi connectivity index (χ2n) is 4.58. The van der Waals surface area contributed by atoms with Gasteiger partial charge in [-0.1, -0.05) is 18.2 Å². The number of anilines is 1. The molecule has 5 heteroatoms. The number of hydrogen-bond acceptors (Lipinski definition) is 4. The van der Waals surface area contributed by atoms with Crippen LogP contribution in [-0.4, -0.2) is 29.8 Å². The average molecular weight is 287 g/mol. The van der Waals surface area contributed by atoms with E-state index in [4.69, 9.17) is 9.84 Å². The third-order valence-electron chi connectivity index (χ3n) is 3.10. The van der Waals surface area contributed by atoms with Crippen molar-refractivity contribution in [3.8, 4) is 11.5 Å². The zero-order valence-electron chi connectivity index (χ0n) is 11.7. The summed E-state index contributed by atoms with van der Waals surface area (Å²) in [5.41, 5.74) is 1.39. The highest BCUT2D eigenvalue weighted by molar-refractivity contribution is 5.73. The Morgan fingerprint density at radius 2 is 1.90 bits per heavy atom. The molecule has 0 amide bonds. The van der Waals surface area contributed by atoms with Crippen molar-refractivity contribution >= 4 is 11.7 Å². The first-order chi connectivity index (χ1) is 10.1. The maximum absolute atomic E-state index is 11.1. The predicted molar refractivity (Wildman–Crippen MR) is 79.8 cm³/mol. The maximum Gasteiger partial charge on any atom is 0.323 e. The number of nitrogens with zero attached hydrogens (tertiary/aromatic N) is 1. The topological polar surface area (TPSA) is 70.0 Å². The van der Waals surface area contributed by atoms with Gasteiger partial charge in [-0.15, -0.1) is 0 Å². The van der Waals surface area contributed by atoms with E-state index in [1.54, 1.807) is 24.1 Å². The van der Waals surface area contributed by atoms with E-state index < -0.39 is 5.97 Å². The Kier molecular flexibility index (Phi) is 4.66. The van der Waals surface area contributed by atoms with Gasteiger partial charge in [0.2, 0.25) is 0 Å². The lowest BCUT2D eigenvalue weighted by atomic mass is 10.1. The lowest BCUT2D eigenvalue weighted by Gasteiger charge is -2.23. The van der Waals surface area contributed by atoms with E-state index in [-0.39, 0.29) is 18.8 Å². The zero-order chi connectivity index (χ0) is 15.2. The Morgan fingerprint density at radius 1 is 1.19 bits per heavy atom. The molecule has 0 aliphatic heterocycles. The van der Waals surface area contributed by atoms with E-state index in [1.807, 2.05) is 30.3 Å². The fourth-order valence-corrected chi connectivity index (χ4v) is 2.06. The van der Waals surface area contributed by atoms with Gasteiger partial charge >= 0.3 is 5.97 Å². The van der Waals surface area contributed by atoms with Gasteiger partial charge in [-0.3, -0.25) is 4.79 Å². The number of para-hydroxylation sites is 1. The van der Waals surface area contributed by atoms with E-state index in [9.17, 15) is 9.90 Å². The maximum atomic E-state index is 11.1. The van der Waals surface area contributed by atoms with Gasteiger partial charge < -0.3 is 19.8 Å². The fraction of sp³-hybridized carbons (Fsp3) is 0.188. The van der Waals surface area contributed by atoms with Gasteiger partial charge in [-0.25, -0.2) is 0 Å². The molecular weight excluding hydrogens is 270 g/mol. The van der Waals surface area contributed by atoms with Gasteiger partial charge in [0.25, 0.3) is 0 Å². The van der Waals surface area contributed by atoms with Crippen molar-refractivity contribution in [3.05, 3.63) is 54.1 Å². The molecule has 2 N–H and O–H groups in total. The van der Waals surface area contributed by atoms with Crippen LogP contribution >= 0.6 is 0 Å². The summed E-state index contributed by atoms with van der Waals surface area (Å²) in [7, 11) is 1.54. The second-order valence-corrected chi connectivity index (χ2v) is 4.58. The number of hydrogen-bond donors (Lipinski definition) is 2. The summed E-state index contributed by atoms with van der Waals surface area (Å²) in [5, 5.41) is 19.0. The first kappa shape index (κ1) is 14.7. The molecule has 110 valence electrons. The molecule has 0 radical (unpaired) electrons. The van der Waals surface area contributed by atoms with Crippen molar-refractivity contribution in [1.29, 1.82) is 0 Å². The number of phenolic OH excluding ortho intramolecular Hbond substituents is 1. The van der Waals surface area contributed by atoms with Gasteiger partial charge in [0.05, 0.1) is 7.11 Å². The standard InChI is InChI=1S/C16H17NO4/c1-21-14-7-8-15(18)12(9-14)10-17(11-16(19)20)13-5-3-2-4-6-13/h2-9,18H,10-11H2,1H3,(H,19,20). The third-order valence-corrected chi connectivity index (χ3v) is 3.10. The van der Waals surface area contributed by atoms with Crippen molar-refractivity contribution in [2.45, 2.75) is 6.54 Å². The smallest absolute Gasteiger partial charge is 0.323 e. The highest BCUT2D eigenvalue weighted by atomic mass is 16.5. The minimum absolute atomic E-state index is 0.113. The van der Waals surface area contributed by atoms with Crippen LogP contribution in [0.5, 0.6) is 11.5 Å². The third kappa shape index (κ3) is 3.89. The summed E-state index contributed by atoms with van der Waals surface area (Å²) in [6, 6.07) is 14.1. The molecular formula is C16H17NO4. The van der Waals surface area contributed by atoms with Crippen LogP contribution in [0.25, 0.3) is 0 Å². The van der Waals surface area contributed by atoms with Crippen LogP contribution in [0.1, 0.15) is 5.56 Å². The van der Waals surface area contributed by atoms with Gasteiger partial charge in [0, 0.05) is 17.8 Å². The molecule has 0 aliphatic carbocycles. The molecule has 0 aliphatic rings. The number of aliphatic carboxylic acids is 1. The summed E-state index contributed by atoms with van der Waals surface area (Å²) < 4.78 is 5.13. The summed E-state index contributed by atoms with van der Waals surface area (Å²) in [6.45, 7) is 0.125. The summed E-state index contributed by atoms with van der Waals surface area (Å²) in [4.78, 5) is 12.7. The highest BCUT2D eigenvalue weighted by Crippen LogP contribution is 2.26. The van der Waals surface area contributed by atoms with Crippen LogP contribution < -0.4 is 9.64 Å². The number of rotatable bonds is 6. The Hall–Kier alpha value is -2.69. The number of aromatic hydroxyl groups is 1. The Morgan fingerprint density at radius 3 is 2.52 bits per heavy atom. The Labute approximate surface area is 123 Å². The molecule has 5 nitrogen and oxygen atoms in total. The first-order valence-electron chi connectivity index (χ1n) is 6.48. The molecule has 0 unspecified atom stereocenters. The van der Waals surface area contributed by atoms with Gasteiger partial charge in [0.1, 0.15) is 18.0 Å². The molecule has 2 aromatic carbocycles. The number of methoxy groups -OCH3 is 1. The van der Waals surface area contributed by atoms with Crippen molar-refractivity contribution in [2.24, 2.45) is 0 Å². The van der Waals surface area contributed by atoms with Gasteiger partial charge in [-0.2, -0.15) is 0 Å². The molecule has 0 heterocycles. The highest BCUT2D eigenvalue weighted by Gasteiger charge is 2.14. The van der Waals surface area contributed by atoms with E-state index >= 15 is 0 Å². The van der Waals surface area contributed by atoms with Crippen LogP contribution in [0.4, 0.5) is 5.69 Å². The molecule has 0 aromatic heterocycles. The number of phenols is 1. The Bertz CT molecular complexity index is 613. The largest absolute Gasteiger partial charge is 0.508 e. The summed E-state index contributed by atoms with van der Waals surface area (Å²) in [6.07, 6.45) is 0. The number of carboxylic acid groups (broad SMARTS) is 1. The van der Waals surface area contributed by atoms with Crippen molar-refractivity contribution in [2.75, 3.05) is 18.6 Å². The van der Waals surface area contributed by atoms with Crippen molar-refractivity contribution in [3.63, 3.8) is 0 Å². The minimum atomic E-state index is -0.929. The molecule has 0 fully saturated rings. The van der Waals surface area contributed by atoms with Crippen LogP contribution in [0.3, 0.4) is 0 Å². The quantitative estimate of drug-likeness (QED) is 0.854. The van der Waals surface area contributed by atoms with Crippen LogP contribution in [0.2, 0.25) is 0 Å². The molecule has 2 aromatic rings. The number of benzene rings is 2. The zero-order valence-corrected chi connectivity index (χ0v) is 11.7. The van der Waals surface area contributed by atoms with Crippen molar-refractivity contribution < 1.29 is 19.7 Å². The molecule has 0 saturated carbocycles. The van der Waals surface area contributed by atoms with Gasteiger partial charge in [-0.05, 0) is 30.3 Å². The van der Waals surface area contributed by atoms with Crippen molar-refractivity contribution in [1.82, 2.24) is 0 Å². The lowest BCUT2D eigenvalue weighted by molar-refractivity contribution is -0.135. The van der Waals surface area contributed by atoms with E-state index in [0.29, 0.717) is 11.3 Å². The SMILES string of the molecule is COc1ccc(O)c(CN(CC(=O)O)c2ccccc2)c1. The Balaban J connectivity index is 2.29. The van der Waals surface area contributed by atoms with E-state index in [0.717, 1.165) is 5.69 Å².